The number of ether oxygens (including phenoxy) is 1. The largest absolute Gasteiger partial charge is 0.482 e. The van der Waals surface area contributed by atoms with Crippen molar-refractivity contribution < 1.29 is 13.9 Å². The van der Waals surface area contributed by atoms with Gasteiger partial charge in [-0.1, -0.05) is 0 Å². The first-order chi connectivity index (χ1) is 15.3. The molecule has 2 fully saturated rings. The molecule has 0 spiro atoms. The number of likely N-dealkylation sites (N-methyl/N-ethyl adjacent to an activating group) is 1. The third-order valence-electron chi connectivity index (χ3n) is 6.84. The molecule has 4 heterocycles. The lowest BCUT2D eigenvalue weighted by molar-refractivity contribution is -0.120. The number of amides is 1. The van der Waals surface area contributed by atoms with Crippen molar-refractivity contribution in [2.45, 2.75) is 57.2 Å². The summed E-state index contributed by atoms with van der Waals surface area (Å²) in [5.41, 5.74) is 1.43. The van der Waals surface area contributed by atoms with E-state index >= 15 is 0 Å². The molecule has 0 saturated carbocycles. The van der Waals surface area contributed by atoms with E-state index in [1.54, 1.807) is 24.1 Å². The molecule has 1 aromatic heterocycles. The first-order valence-electron chi connectivity index (χ1n) is 11.2. The number of anilines is 4. The highest BCUT2D eigenvalue weighted by Crippen LogP contribution is 2.39. The van der Waals surface area contributed by atoms with Gasteiger partial charge < -0.3 is 20.3 Å². The van der Waals surface area contributed by atoms with Crippen molar-refractivity contribution in [1.82, 2.24) is 14.9 Å². The molecule has 32 heavy (non-hydrogen) atoms. The van der Waals surface area contributed by atoms with Gasteiger partial charge in [-0.05, 0) is 64.3 Å². The summed E-state index contributed by atoms with van der Waals surface area (Å²) in [5.74, 6) is 0.558. The summed E-state index contributed by atoms with van der Waals surface area (Å²) in [7, 11) is 1.71. The van der Waals surface area contributed by atoms with Crippen LogP contribution in [0.15, 0.2) is 24.4 Å². The predicted molar refractivity (Wildman–Crippen MR) is 121 cm³/mol. The van der Waals surface area contributed by atoms with E-state index in [-0.39, 0.29) is 35.9 Å². The van der Waals surface area contributed by atoms with Gasteiger partial charge in [0.05, 0.1) is 11.9 Å². The fourth-order valence-electron chi connectivity index (χ4n) is 5.32. The Hall–Kier alpha value is -2.94. The molecule has 0 aliphatic carbocycles. The summed E-state index contributed by atoms with van der Waals surface area (Å²) in [5, 5.41) is 6.46. The number of hydrogen-bond donors (Lipinski definition) is 2. The topological polar surface area (TPSA) is 82.6 Å². The molecule has 2 atom stereocenters. The van der Waals surface area contributed by atoms with Crippen molar-refractivity contribution in [1.29, 1.82) is 0 Å². The van der Waals surface area contributed by atoms with Crippen LogP contribution in [-0.4, -0.2) is 58.6 Å². The van der Waals surface area contributed by atoms with Crippen molar-refractivity contribution in [3.63, 3.8) is 0 Å². The third kappa shape index (κ3) is 3.85. The summed E-state index contributed by atoms with van der Waals surface area (Å²) in [6.07, 6.45) is 5.52. The van der Waals surface area contributed by atoms with Crippen molar-refractivity contribution in [3.8, 4) is 5.75 Å². The van der Waals surface area contributed by atoms with Gasteiger partial charge in [0.2, 0.25) is 5.95 Å². The van der Waals surface area contributed by atoms with Gasteiger partial charge in [0.25, 0.3) is 5.91 Å². The number of carbonyl (C=O) groups is 1. The van der Waals surface area contributed by atoms with Crippen LogP contribution in [-0.2, 0) is 4.79 Å². The minimum Gasteiger partial charge on any atom is -0.482 e. The van der Waals surface area contributed by atoms with Gasteiger partial charge in [-0.3, -0.25) is 9.69 Å². The summed E-state index contributed by atoms with van der Waals surface area (Å²) < 4.78 is 20.0. The van der Waals surface area contributed by atoms with Gasteiger partial charge in [-0.2, -0.15) is 4.98 Å². The lowest BCUT2D eigenvalue weighted by Crippen LogP contribution is -2.55. The summed E-state index contributed by atoms with van der Waals surface area (Å²) in [6, 6.07) is 6.10. The number of rotatable bonds is 4. The molecule has 9 heteroatoms. The van der Waals surface area contributed by atoms with E-state index in [1.165, 1.54) is 19.0 Å². The minimum atomic E-state index is -0.466. The fourth-order valence-corrected chi connectivity index (χ4v) is 5.32. The van der Waals surface area contributed by atoms with Crippen LogP contribution < -0.4 is 20.3 Å². The molecule has 8 nitrogen and oxygen atoms in total. The number of nitrogens with zero attached hydrogens (tertiary/aromatic N) is 4. The number of halogens is 1. The van der Waals surface area contributed by atoms with E-state index in [0.717, 1.165) is 19.4 Å². The Balaban J connectivity index is 1.33. The minimum absolute atomic E-state index is 0.0307. The maximum Gasteiger partial charge on any atom is 0.264 e. The number of nitrogens with one attached hydrogen (secondary N) is 2. The molecule has 5 rings (SSSR count). The third-order valence-corrected chi connectivity index (χ3v) is 6.84. The molecule has 2 saturated heterocycles. The average Bonchev–Trinajstić information content (AvgIpc) is 3.23. The lowest BCUT2D eigenvalue weighted by Gasteiger charge is -2.47. The second kappa shape index (κ2) is 7.88. The van der Waals surface area contributed by atoms with E-state index in [0.29, 0.717) is 23.2 Å². The van der Waals surface area contributed by atoms with Crippen molar-refractivity contribution in [2.75, 3.05) is 35.7 Å². The normalized spacial score (nSPS) is 24.5. The molecule has 0 bridgehead atoms. The molecule has 3 aliphatic rings. The highest BCUT2D eigenvalue weighted by atomic mass is 19.1. The zero-order chi connectivity index (χ0) is 22.5. The lowest BCUT2D eigenvalue weighted by atomic mass is 9.84. The van der Waals surface area contributed by atoms with Crippen molar-refractivity contribution in [2.24, 2.45) is 0 Å². The Kier molecular flexibility index (Phi) is 5.16. The van der Waals surface area contributed by atoms with E-state index in [2.05, 4.69) is 39.3 Å². The standard InChI is InChI=1S/C23H29FN6O2/c1-23(2)11-15(9-16-5-4-8-30(16)23)26-21-17(24)12-25-22(28-21)27-14-6-7-19-18(10-14)29(3)20(31)13-32-19/h6-7,10,12,15-16H,4-5,8-9,11,13H2,1-3H3,(H2,25,26,27,28)/t15-,16+/m1/s1. The first-order valence-corrected chi connectivity index (χ1v) is 11.2. The average molecular weight is 441 g/mol. The highest BCUT2D eigenvalue weighted by Gasteiger charge is 2.43. The van der Waals surface area contributed by atoms with Gasteiger partial charge in [0, 0.05) is 30.4 Å². The SMILES string of the molecule is CN1C(=O)COc2ccc(Nc3ncc(F)c(N[C@@H]4C[C@@H]5CCCN5C(C)(C)C4)n3)cc21. The van der Waals surface area contributed by atoms with Crippen LogP contribution >= 0.6 is 0 Å². The Labute approximate surface area is 187 Å². The second-order valence-corrected chi connectivity index (χ2v) is 9.52. The highest BCUT2D eigenvalue weighted by molar-refractivity contribution is 5.98. The van der Waals surface area contributed by atoms with Crippen LogP contribution in [0.1, 0.15) is 39.5 Å². The van der Waals surface area contributed by atoms with Crippen LogP contribution in [0.3, 0.4) is 0 Å². The quantitative estimate of drug-likeness (QED) is 0.753. The molecule has 3 aliphatic heterocycles. The molecule has 2 aromatic rings. The number of fused-ring (bicyclic) bond motifs is 2. The maximum atomic E-state index is 14.6. The molecular formula is C23H29FN6O2. The molecule has 0 radical (unpaired) electrons. The summed E-state index contributed by atoms with van der Waals surface area (Å²) in [6.45, 7) is 5.71. The number of hydrogen-bond acceptors (Lipinski definition) is 7. The number of aromatic nitrogens is 2. The van der Waals surface area contributed by atoms with Gasteiger partial charge in [0.15, 0.2) is 18.2 Å². The van der Waals surface area contributed by atoms with Gasteiger partial charge >= 0.3 is 0 Å². The molecule has 0 unspecified atom stereocenters. The Bertz CT molecular complexity index is 1050. The fraction of sp³-hybridized carbons (Fsp3) is 0.522. The van der Waals surface area contributed by atoms with Crippen LogP contribution in [0.25, 0.3) is 0 Å². The smallest absolute Gasteiger partial charge is 0.264 e. The van der Waals surface area contributed by atoms with Gasteiger partial charge in [0.1, 0.15) is 5.75 Å². The monoisotopic (exact) mass is 440 g/mol. The number of piperidine rings is 1. The van der Waals surface area contributed by atoms with E-state index < -0.39 is 5.82 Å². The summed E-state index contributed by atoms with van der Waals surface area (Å²) in [4.78, 5) is 24.6. The van der Waals surface area contributed by atoms with Crippen molar-refractivity contribution >= 4 is 29.0 Å². The Morgan fingerprint density at radius 3 is 3.00 bits per heavy atom. The van der Waals surface area contributed by atoms with Gasteiger partial charge in [-0.15, -0.1) is 0 Å². The number of benzene rings is 1. The van der Waals surface area contributed by atoms with Crippen LogP contribution in [0.5, 0.6) is 5.75 Å². The van der Waals surface area contributed by atoms with E-state index in [1.807, 2.05) is 6.07 Å². The first kappa shape index (κ1) is 20.9. The summed E-state index contributed by atoms with van der Waals surface area (Å²) >= 11 is 0. The van der Waals surface area contributed by atoms with E-state index in [9.17, 15) is 9.18 Å². The van der Waals surface area contributed by atoms with Crippen LogP contribution in [0.4, 0.5) is 27.5 Å². The molecule has 1 aromatic carbocycles. The molecule has 2 N–H and O–H groups in total. The predicted octanol–water partition coefficient (Wildman–Crippen LogP) is 3.53. The van der Waals surface area contributed by atoms with Crippen LogP contribution in [0, 0.1) is 5.82 Å². The second-order valence-electron chi connectivity index (χ2n) is 9.52. The zero-order valence-electron chi connectivity index (χ0n) is 18.7. The zero-order valence-corrected chi connectivity index (χ0v) is 18.7. The molecule has 170 valence electrons. The van der Waals surface area contributed by atoms with Gasteiger partial charge in [-0.25, -0.2) is 9.37 Å². The van der Waals surface area contributed by atoms with Crippen molar-refractivity contribution in [3.05, 3.63) is 30.2 Å². The van der Waals surface area contributed by atoms with E-state index in [4.69, 9.17) is 4.74 Å². The number of carbonyl (C=O) groups excluding carboxylic acids is 1. The Morgan fingerprint density at radius 2 is 2.16 bits per heavy atom. The maximum absolute atomic E-state index is 14.6. The Morgan fingerprint density at radius 1 is 1.31 bits per heavy atom. The molecule has 1 amide bonds. The van der Waals surface area contributed by atoms with Crippen LogP contribution in [0.2, 0.25) is 0 Å². The molecular weight excluding hydrogens is 411 g/mol.